The first-order valence-corrected chi connectivity index (χ1v) is 7.45. The smallest absolute Gasteiger partial charge is 0.227 e. The highest BCUT2D eigenvalue weighted by molar-refractivity contribution is 7.74. The Balaban J connectivity index is 2.32. The van der Waals surface area contributed by atoms with E-state index in [1.807, 2.05) is 0 Å². The fraction of sp³-hybridized carbons (Fsp3) is 0.273. The van der Waals surface area contributed by atoms with Gasteiger partial charge in [0.15, 0.2) is 0 Å². The molecule has 0 saturated carbocycles. The summed E-state index contributed by atoms with van der Waals surface area (Å²) in [5.74, 6) is 1.19. The maximum atomic E-state index is 11.4. The molecule has 1 aromatic heterocycles. The van der Waals surface area contributed by atoms with Gasteiger partial charge in [0.25, 0.3) is 0 Å². The second-order valence-corrected chi connectivity index (χ2v) is 5.41. The number of benzene rings is 1. The van der Waals surface area contributed by atoms with Gasteiger partial charge < -0.3 is 9.47 Å². The van der Waals surface area contributed by atoms with Crippen LogP contribution in [0.1, 0.15) is 5.56 Å². The van der Waals surface area contributed by atoms with Crippen molar-refractivity contribution < 1.29 is 17.9 Å². The van der Waals surface area contributed by atoms with Crippen molar-refractivity contribution in [2.75, 3.05) is 18.5 Å². The third-order valence-corrected chi connectivity index (χ3v) is 4.13. The molecule has 0 bridgehead atoms. The third-order valence-electron chi connectivity index (χ3n) is 2.58. The summed E-state index contributed by atoms with van der Waals surface area (Å²) < 4.78 is 38.0. The normalized spacial score (nSPS) is 10.6. The van der Waals surface area contributed by atoms with Gasteiger partial charge in [-0.2, -0.15) is 4.37 Å². The summed E-state index contributed by atoms with van der Waals surface area (Å²) in [5.41, 5.74) is 0.711. The zero-order valence-corrected chi connectivity index (χ0v) is 12.6. The molecule has 9 heteroatoms. The Bertz CT molecular complexity index is 635. The van der Waals surface area contributed by atoms with Gasteiger partial charge >= 0.3 is 0 Å². The van der Waals surface area contributed by atoms with Crippen molar-refractivity contribution in [3.8, 4) is 11.5 Å². The molecule has 0 radical (unpaired) electrons. The molecule has 0 atom stereocenters. The summed E-state index contributed by atoms with van der Waals surface area (Å²) in [6.07, 6.45) is 1.32. The van der Waals surface area contributed by atoms with Crippen LogP contribution in [-0.2, 0) is 17.4 Å². The van der Waals surface area contributed by atoms with Crippen LogP contribution >= 0.6 is 11.5 Å². The molecular formula is C11H13N3O4S2. The highest BCUT2D eigenvalue weighted by Crippen LogP contribution is 2.27. The molecule has 0 amide bonds. The van der Waals surface area contributed by atoms with Gasteiger partial charge in [-0.25, -0.2) is 17.7 Å². The van der Waals surface area contributed by atoms with Crippen LogP contribution in [0, 0.1) is 0 Å². The predicted molar refractivity (Wildman–Crippen MR) is 76.0 cm³/mol. The molecule has 0 N–H and O–H groups in total. The number of hydrogen-bond donors (Lipinski definition) is 1. The van der Waals surface area contributed by atoms with E-state index < -0.39 is 10.9 Å². The van der Waals surface area contributed by atoms with Gasteiger partial charge in [0, 0.05) is 23.2 Å². The molecule has 0 aliphatic rings. The van der Waals surface area contributed by atoms with Gasteiger partial charge in [-0.05, 0) is 12.1 Å². The third kappa shape index (κ3) is 3.17. The average molecular weight is 315 g/mol. The standard InChI is InChI=1S/C11H13N3O4S2/c1-17-9-4-3-8(10(5-9)18-2)6-14(20(15)16)11-12-7-13-19-11/h3-5,7,20H,6H2,1-2H3. The molecule has 0 aliphatic carbocycles. The molecule has 0 aliphatic heterocycles. The first-order valence-electron chi connectivity index (χ1n) is 5.55. The van der Waals surface area contributed by atoms with Gasteiger partial charge in [-0.3, -0.25) is 0 Å². The van der Waals surface area contributed by atoms with E-state index in [9.17, 15) is 8.42 Å². The molecule has 2 aromatic rings. The molecule has 20 heavy (non-hydrogen) atoms. The zero-order chi connectivity index (χ0) is 14.5. The molecule has 1 aromatic carbocycles. The fourth-order valence-corrected chi connectivity index (χ4v) is 2.83. The number of thiol groups is 1. The van der Waals surface area contributed by atoms with E-state index in [0.717, 1.165) is 15.8 Å². The topological polar surface area (TPSA) is 81.6 Å². The van der Waals surface area contributed by atoms with Crippen LogP contribution in [0.15, 0.2) is 24.5 Å². The van der Waals surface area contributed by atoms with E-state index in [1.165, 1.54) is 13.4 Å². The van der Waals surface area contributed by atoms with Crippen molar-refractivity contribution in [1.82, 2.24) is 9.36 Å². The Labute approximate surface area is 122 Å². The number of rotatable bonds is 6. The van der Waals surface area contributed by atoms with Crippen LogP contribution in [0.25, 0.3) is 0 Å². The van der Waals surface area contributed by atoms with E-state index in [0.29, 0.717) is 22.2 Å². The average Bonchev–Trinajstić information content (AvgIpc) is 2.98. The maximum Gasteiger partial charge on any atom is 0.227 e. The van der Waals surface area contributed by atoms with Crippen molar-refractivity contribution in [2.45, 2.75) is 6.54 Å². The maximum absolute atomic E-state index is 11.4. The summed E-state index contributed by atoms with van der Waals surface area (Å²) in [4.78, 5) is 3.91. The number of aromatic nitrogens is 2. The second kappa shape index (κ2) is 6.53. The monoisotopic (exact) mass is 315 g/mol. The highest BCUT2D eigenvalue weighted by atomic mass is 32.2. The Morgan fingerprint density at radius 3 is 2.65 bits per heavy atom. The first-order chi connectivity index (χ1) is 9.65. The SMILES string of the molecule is COc1ccc(CN(c2ncns2)[SH](=O)=O)c(OC)c1. The van der Waals surface area contributed by atoms with Gasteiger partial charge in [-0.15, -0.1) is 0 Å². The summed E-state index contributed by atoms with van der Waals surface area (Å²) in [6, 6.07) is 5.20. The second-order valence-electron chi connectivity index (χ2n) is 3.70. The lowest BCUT2D eigenvalue weighted by atomic mass is 10.2. The summed E-state index contributed by atoms with van der Waals surface area (Å²) >= 11 is 1.02. The van der Waals surface area contributed by atoms with E-state index in [2.05, 4.69) is 9.36 Å². The molecule has 0 spiro atoms. The Morgan fingerprint density at radius 1 is 1.30 bits per heavy atom. The Morgan fingerprint density at radius 2 is 2.10 bits per heavy atom. The van der Waals surface area contributed by atoms with Crippen LogP contribution in [0.5, 0.6) is 11.5 Å². The summed E-state index contributed by atoms with van der Waals surface area (Å²) in [6.45, 7) is 0.126. The van der Waals surface area contributed by atoms with Gasteiger partial charge in [0.05, 0.1) is 20.8 Å². The molecule has 0 fully saturated rings. The molecule has 0 unspecified atom stereocenters. The fourth-order valence-electron chi connectivity index (χ4n) is 1.62. The molecule has 7 nitrogen and oxygen atoms in total. The lowest BCUT2D eigenvalue weighted by molar-refractivity contribution is 0.391. The minimum atomic E-state index is -2.81. The van der Waals surface area contributed by atoms with Crippen molar-refractivity contribution in [3.63, 3.8) is 0 Å². The van der Waals surface area contributed by atoms with Crippen molar-refractivity contribution >= 4 is 27.6 Å². The van der Waals surface area contributed by atoms with Crippen molar-refractivity contribution in [3.05, 3.63) is 30.1 Å². The van der Waals surface area contributed by atoms with Gasteiger partial charge in [0.1, 0.15) is 17.8 Å². The number of hydrogen-bond acceptors (Lipinski definition) is 7. The number of anilines is 1. The van der Waals surface area contributed by atoms with Crippen molar-refractivity contribution in [2.24, 2.45) is 0 Å². The number of ether oxygens (including phenoxy) is 2. The van der Waals surface area contributed by atoms with Gasteiger partial charge in [-0.1, -0.05) is 0 Å². The Kier molecular flexibility index (Phi) is 4.74. The Hall–Kier alpha value is -1.87. The summed E-state index contributed by atoms with van der Waals surface area (Å²) in [7, 11) is 0.258. The molecular weight excluding hydrogens is 302 g/mol. The van der Waals surface area contributed by atoms with E-state index >= 15 is 0 Å². The minimum absolute atomic E-state index is 0.126. The quantitative estimate of drug-likeness (QED) is 0.804. The zero-order valence-electron chi connectivity index (χ0n) is 10.8. The lowest BCUT2D eigenvalue weighted by Crippen LogP contribution is -2.20. The molecule has 1 heterocycles. The number of nitrogens with zero attached hydrogens (tertiary/aromatic N) is 3. The van der Waals surface area contributed by atoms with Crippen molar-refractivity contribution in [1.29, 1.82) is 0 Å². The predicted octanol–water partition coefficient (Wildman–Crippen LogP) is 1.09. The van der Waals surface area contributed by atoms with Crippen LogP contribution in [0.4, 0.5) is 5.13 Å². The molecule has 0 saturated heterocycles. The first kappa shape index (κ1) is 14.5. The number of methoxy groups -OCH3 is 2. The van der Waals surface area contributed by atoms with Gasteiger partial charge in [0.2, 0.25) is 16.0 Å². The van der Waals surface area contributed by atoms with Crippen LogP contribution in [0.2, 0.25) is 0 Å². The molecule has 2 rings (SSSR count). The highest BCUT2D eigenvalue weighted by Gasteiger charge is 2.16. The van der Waals surface area contributed by atoms with Crippen LogP contribution < -0.4 is 13.8 Å². The van der Waals surface area contributed by atoms with E-state index in [4.69, 9.17) is 9.47 Å². The van der Waals surface area contributed by atoms with E-state index in [-0.39, 0.29) is 6.54 Å². The van der Waals surface area contributed by atoms with Crippen LogP contribution in [0.3, 0.4) is 0 Å². The summed E-state index contributed by atoms with van der Waals surface area (Å²) in [5, 5.41) is 0.319. The van der Waals surface area contributed by atoms with E-state index in [1.54, 1.807) is 25.3 Å². The lowest BCUT2D eigenvalue weighted by Gasteiger charge is -2.16. The molecule has 108 valence electrons. The van der Waals surface area contributed by atoms with Crippen LogP contribution in [-0.4, -0.2) is 32.0 Å². The largest absolute Gasteiger partial charge is 0.497 e. The minimum Gasteiger partial charge on any atom is -0.497 e.